The van der Waals surface area contributed by atoms with Crippen LogP contribution in [0.25, 0.3) is 0 Å². The first-order valence-electron chi connectivity index (χ1n) is 14.6. The highest BCUT2D eigenvalue weighted by atomic mass is 35.5. The molecule has 0 radical (unpaired) electrons. The van der Waals surface area contributed by atoms with Crippen molar-refractivity contribution in [3.63, 3.8) is 0 Å². The van der Waals surface area contributed by atoms with Crippen molar-refractivity contribution in [2.75, 3.05) is 24.5 Å². The zero-order valence-electron chi connectivity index (χ0n) is 25.9. The Hall–Kier alpha value is -4.34. The summed E-state index contributed by atoms with van der Waals surface area (Å²) in [5.74, 6) is -0.521. The van der Waals surface area contributed by atoms with E-state index in [0.717, 1.165) is 26.6 Å². The molecule has 1 N–H and O–H groups in total. The van der Waals surface area contributed by atoms with Crippen molar-refractivity contribution in [1.29, 1.82) is 0 Å². The van der Waals surface area contributed by atoms with Crippen LogP contribution in [0.15, 0.2) is 102 Å². The van der Waals surface area contributed by atoms with Gasteiger partial charge in [-0.1, -0.05) is 89.5 Å². The molecule has 8 nitrogen and oxygen atoms in total. The zero-order valence-corrected chi connectivity index (χ0v) is 27.4. The summed E-state index contributed by atoms with van der Waals surface area (Å²) in [7, 11) is -2.78. The highest BCUT2D eigenvalue weighted by molar-refractivity contribution is 7.92. The largest absolute Gasteiger partial charge is 0.495 e. The predicted molar refractivity (Wildman–Crippen MR) is 178 cm³/mol. The summed E-state index contributed by atoms with van der Waals surface area (Å²) >= 11 is 6.43. The maximum atomic E-state index is 14.5. The molecular formula is C35H38ClN3O5S. The maximum Gasteiger partial charge on any atom is 0.264 e. The summed E-state index contributed by atoms with van der Waals surface area (Å²) < 4.78 is 34.6. The minimum Gasteiger partial charge on any atom is -0.495 e. The number of hydrogen-bond acceptors (Lipinski definition) is 5. The molecule has 0 aromatic heterocycles. The molecular weight excluding hydrogens is 610 g/mol. The van der Waals surface area contributed by atoms with Crippen LogP contribution in [0.4, 0.5) is 5.69 Å². The van der Waals surface area contributed by atoms with Crippen LogP contribution in [0.5, 0.6) is 5.75 Å². The van der Waals surface area contributed by atoms with Crippen molar-refractivity contribution in [3.05, 3.63) is 124 Å². The predicted octanol–water partition coefficient (Wildman–Crippen LogP) is 5.94. The Morgan fingerprint density at radius 2 is 1.49 bits per heavy atom. The van der Waals surface area contributed by atoms with Gasteiger partial charge in [0, 0.05) is 19.5 Å². The smallest absolute Gasteiger partial charge is 0.264 e. The second kappa shape index (κ2) is 15.1. The third-order valence-corrected chi connectivity index (χ3v) is 9.49. The van der Waals surface area contributed by atoms with Gasteiger partial charge >= 0.3 is 0 Å². The number of aryl methyl sites for hydroxylation is 2. The monoisotopic (exact) mass is 647 g/mol. The molecule has 4 rings (SSSR count). The number of ether oxygens (including phenoxy) is 1. The quantitative estimate of drug-likeness (QED) is 0.194. The van der Waals surface area contributed by atoms with Crippen molar-refractivity contribution in [1.82, 2.24) is 10.2 Å². The SMILES string of the molecule is CCNC(=O)[C@@H](Cc1ccccc1)N(Cc1ccc(C)cc1)C(=O)CN(c1ccc(OC)c(Cl)c1)S(=O)(=O)c1ccc(C)cc1. The average molecular weight is 648 g/mol. The molecule has 0 saturated carbocycles. The Labute approximate surface area is 270 Å². The Morgan fingerprint density at radius 3 is 2.07 bits per heavy atom. The molecule has 45 heavy (non-hydrogen) atoms. The standard InChI is InChI=1S/C35H38ClN3O5S/c1-5-37-35(41)32(21-27-9-7-6-8-10-27)38(23-28-15-11-25(2)12-16-28)34(40)24-39(29-17-20-33(44-4)31(36)22-29)45(42,43)30-18-13-26(3)14-19-30/h6-20,22,32H,5,21,23-24H2,1-4H3,(H,37,41)/t32-/m1/s1. The van der Waals surface area contributed by atoms with Gasteiger partial charge in [-0.25, -0.2) is 8.42 Å². The van der Waals surface area contributed by atoms with Gasteiger partial charge in [-0.2, -0.15) is 0 Å². The van der Waals surface area contributed by atoms with Gasteiger partial charge in [0.25, 0.3) is 10.0 Å². The zero-order chi connectivity index (χ0) is 32.6. The van der Waals surface area contributed by atoms with Crippen LogP contribution in [-0.4, -0.2) is 51.4 Å². The van der Waals surface area contributed by atoms with E-state index in [1.807, 2.05) is 75.4 Å². The van der Waals surface area contributed by atoms with Gasteiger partial charge in [0.15, 0.2) is 0 Å². The Morgan fingerprint density at radius 1 is 0.867 bits per heavy atom. The lowest BCUT2D eigenvalue weighted by atomic mass is 10.0. The number of rotatable bonds is 13. The van der Waals surface area contributed by atoms with E-state index in [4.69, 9.17) is 16.3 Å². The number of nitrogens with one attached hydrogen (secondary N) is 1. The number of benzene rings is 4. The molecule has 2 amide bonds. The Balaban J connectivity index is 1.81. The molecule has 0 aliphatic heterocycles. The van der Waals surface area contributed by atoms with Crippen molar-refractivity contribution in [2.24, 2.45) is 0 Å². The highest BCUT2D eigenvalue weighted by Gasteiger charge is 2.34. The summed E-state index contributed by atoms with van der Waals surface area (Å²) in [6.45, 7) is 5.53. The van der Waals surface area contributed by atoms with E-state index in [1.54, 1.807) is 24.3 Å². The molecule has 4 aromatic rings. The molecule has 0 saturated heterocycles. The van der Waals surface area contributed by atoms with E-state index < -0.39 is 28.5 Å². The highest BCUT2D eigenvalue weighted by Crippen LogP contribution is 2.32. The fourth-order valence-corrected chi connectivity index (χ4v) is 6.57. The van der Waals surface area contributed by atoms with Gasteiger partial charge in [0.05, 0.1) is 22.7 Å². The number of amides is 2. The van der Waals surface area contributed by atoms with Crippen molar-refractivity contribution in [3.8, 4) is 5.75 Å². The second-order valence-electron chi connectivity index (χ2n) is 10.8. The van der Waals surface area contributed by atoms with Gasteiger partial charge in [-0.15, -0.1) is 0 Å². The molecule has 4 aromatic carbocycles. The molecule has 0 fully saturated rings. The van der Waals surface area contributed by atoms with Gasteiger partial charge in [0.1, 0.15) is 18.3 Å². The normalized spacial score (nSPS) is 11.8. The lowest BCUT2D eigenvalue weighted by molar-refractivity contribution is -0.140. The number of hydrogen-bond donors (Lipinski definition) is 1. The van der Waals surface area contributed by atoms with Crippen LogP contribution in [-0.2, 0) is 32.6 Å². The molecule has 236 valence electrons. The number of carbonyl (C=O) groups is 2. The Bertz CT molecular complexity index is 1710. The lowest BCUT2D eigenvalue weighted by Crippen LogP contribution is -2.53. The molecule has 0 bridgehead atoms. The topological polar surface area (TPSA) is 96.0 Å². The van der Waals surface area contributed by atoms with Crippen LogP contribution in [0.2, 0.25) is 5.02 Å². The van der Waals surface area contributed by atoms with E-state index in [2.05, 4.69) is 5.32 Å². The first-order valence-corrected chi connectivity index (χ1v) is 16.4. The van der Waals surface area contributed by atoms with Crippen molar-refractivity contribution < 1.29 is 22.7 Å². The van der Waals surface area contributed by atoms with Gasteiger partial charge in [-0.3, -0.25) is 13.9 Å². The number of anilines is 1. The molecule has 0 aliphatic rings. The van der Waals surface area contributed by atoms with Gasteiger partial charge < -0.3 is 15.0 Å². The van der Waals surface area contributed by atoms with Crippen LogP contribution in [0.1, 0.15) is 29.2 Å². The number of nitrogens with zero attached hydrogens (tertiary/aromatic N) is 2. The minimum atomic E-state index is -4.24. The fraction of sp³-hybridized carbons (Fsp3) is 0.257. The van der Waals surface area contributed by atoms with Crippen LogP contribution in [0.3, 0.4) is 0 Å². The number of methoxy groups -OCH3 is 1. The molecule has 10 heteroatoms. The van der Waals surface area contributed by atoms with Crippen LogP contribution in [0, 0.1) is 13.8 Å². The molecule has 0 aliphatic carbocycles. The average Bonchev–Trinajstić information content (AvgIpc) is 3.03. The number of carbonyl (C=O) groups excluding carboxylic acids is 2. The molecule has 1 atom stereocenters. The van der Waals surface area contributed by atoms with E-state index in [-0.39, 0.29) is 34.5 Å². The summed E-state index contributed by atoms with van der Waals surface area (Å²) in [6, 6.07) is 27.1. The number of likely N-dealkylation sites (N-methyl/N-ethyl adjacent to an activating group) is 1. The first-order chi connectivity index (χ1) is 21.5. The number of halogens is 1. The first kappa shape index (κ1) is 33.6. The summed E-state index contributed by atoms with van der Waals surface area (Å²) in [5.41, 5.74) is 3.79. The molecule has 0 heterocycles. The van der Waals surface area contributed by atoms with Gasteiger partial charge in [-0.05, 0) is 62.2 Å². The van der Waals surface area contributed by atoms with E-state index in [1.165, 1.54) is 30.2 Å². The van der Waals surface area contributed by atoms with E-state index >= 15 is 0 Å². The fourth-order valence-electron chi connectivity index (χ4n) is 4.91. The summed E-state index contributed by atoms with van der Waals surface area (Å²) in [4.78, 5) is 29.5. The van der Waals surface area contributed by atoms with E-state index in [9.17, 15) is 18.0 Å². The van der Waals surface area contributed by atoms with Gasteiger partial charge in [0.2, 0.25) is 11.8 Å². The van der Waals surface area contributed by atoms with Crippen molar-refractivity contribution >= 4 is 39.1 Å². The maximum absolute atomic E-state index is 14.5. The Kier molecular flexibility index (Phi) is 11.3. The van der Waals surface area contributed by atoms with Crippen LogP contribution < -0.4 is 14.4 Å². The van der Waals surface area contributed by atoms with Crippen LogP contribution >= 0.6 is 11.6 Å². The summed E-state index contributed by atoms with van der Waals surface area (Å²) in [5, 5.41) is 3.05. The second-order valence-corrected chi connectivity index (χ2v) is 13.0. The lowest BCUT2D eigenvalue weighted by Gasteiger charge is -2.34. The van der Waals surface area contributed by atoms with E-state index in [0.29, 0.717) is 12.3 Å². The minimum absolute atomic E-state index is 0.0162. The molecule has 0 spiro atoms. The van der Waals surface area contributed by atoms with Crippen molar-refractivity contribution in [2.45, 2.75) is 44.7 Å². The number of sulfonamides is 1. The third-order valence-electron chi connectivity index (χ3n) is 7.41. The third kappa shape index (κ3) is 8.44. The molecule has 0 unspecified atom stereocenters. The summed E-state index contributed by atoms with van der Waals surface area (Å²) in [6.07, 6.45) is 0.239.